The molecule has 4 aromatic rings. The molecule has 8 heteroatoms. The molecule has 0 N–H and O–H groups in total. The molecule has 0 amide bonds. The molecular weight excluding hydrogens is 506 g/mol. The highest BCUT2D eigenvalue weighted by Gasteiger charge is 2.38. The zero-order chi connectivity index (χ0) is 28.0. The van der Waals surface area contributed by atoms with Crippen LogP contribution in [0.3, 0.4) is 0 Å². The van der Waals surface area contributed by atoms with Crippen molar-refractivity contribution in [1.82, 2.24) is 9.47 Å². The average Bonchev–Trinajstić information content (AvgIpc) is 3.54. The maximum atomic E-state index is 13.4. The number of aryl methyl sites for hydroxylation is 2. The molecule has 206 valence electrons. The molecule has 1 saturated heterocycles. The predicted molar refractivity (Wildman–Crippen MR) is 154 cm³/mol. The van der Waals surface area contributed by atoms with Crippen LogP contribution in [-0.2, 0) is 20.9 Å². The molecule has 8 nitrogen and oxygen atoms in total. The fourth-order valence-corrected chi connectivity index (χ4v) is 5.75. The zero-order valence-electron chi connectivity index (χ0n) is 23.3. The van der Waals surface area contributed by atoms with Gasteiger partial charge in [0.05, 0.1) is 24.1 Å². The van der Waals surface area contributed by atoms with Crippen molar-refractivity contribution in [3.8, 4) is 5.75 Å². The summed E-state index contributed by atoms with van der Waals surface area (Å²) in [5.74, 6) is 0.263. The van der Waals surface area contributed by atoms with Crippen LogP contribution in [0.4, 0.5) is 0 Å². The van der Waals surface area contributed by atoms with Gasteiger partial charge in [0.1, 0.15) is 23.6 Å². The third-order valence-electron chi connectivity index (χ3n) is 8.16. The Kier molecular flexibility index (Phi) is 6.68. The van der Waals surface area contributed by atoms with Crippen molar-refractivity contribution >= 4 is 39.3 Å². The zero-order valence-corrected chi connectivity index (χ0v) is 23.3. The number of rotatable bonds is 6. The van der Waals surface area contributed by atoms with E-state index in [0.717, 1.165) is 39.5 Å². The van der Waals surface area contributed by atoms with E-state index in [9.17, 15) is 9.59 Å². The van der Waals surface area contributed by atoms with E-state index in [0.29, 0.717) is 48.9 Å². The van der Waals surface area contributed by atoms with E-state index in [1.54, 1.807) is 0 Å². The fourth-order valence-electron chi connectivity index (χ4n) is 5.75. The molecule has 2 aliphatic rings. The first-order chi connectivity index (χ1) is 19.3. The summed E-state index contributed by atoms with van der Waals surface area (Å²) in [4.78, 5) is 34.0. The molecule has 0 atom stereocenters. The van der Waals surface area contributed by atoms with Gasteiger partial charge in [-0.15, -0.1) is 0 Å². The van der Waals surface area contributed by atoms with E-state index in [1.807, 2.05) is 75.4 Å². The van der Waals surface area contributed by atoms with Crippen molar-refractivity contribution < 1.29 is 23.9 Å². The van der Waals surface area contributed by atoms with Crippen LogP contribution in [0.5, 0.6) is 5.75 Å². The van der Waals surface area contributed by atoms with Gasteiger partial charge in [-0.05, 0) is 63.6 Å². The molecule has 6 rings (SSSR count). The number of aromatic nitrogens is 1. The van der Waals surface area contributed by atoms with E-state index in [-0.39, 0.29) is 12.4 Å². The molecule has 0 aliphatic carbocycles. The summed E-state index contributed by atoms with van der Waals surface area (Å²) in [5, 5.41) is 6.13. The second-order valence-corrected chi connectivity index (χ2v) is 10.8. The summed E-state index contributed by atoms with van der Waals surface area (Å²) < 4.78 is 13.8. The van der Waals surface area contributed by atoms with Crippen LogP contribution in [0.2, 0.25) is 0 Å². The van der Waals surface area contributed by atoms with Gasteiger partial charge in [-0.3, -0.25) is 9.69 Å². The topological polar surface area (TPSA) is 82.4 Å². The van der Waals surface area contributed by atoms with Crippen molar-refractivity contribution in [2.45, 2.75) is 39.8 Å². The maximum Gasteiger partial charge on any atom is 0.354 e. The van der Waals surface area contributed by atoms with Crippen LogP contribution in [0, 0.1) is 6.92 Å². The van der Waals surface area contributed by atoms with Crippen LogP contribution in [0.1, 0.15) is 47.8 Å². The smallest absolute Gasteiger partial charge is 0.354 e. The second-order valence-electron chi connectivity index (χ2n) is 10.8. The van der Waals surface area contributed by atoms with E-state index >= 15 is 0 Å². The van der Waals surface area contributed by atoms with E-state index < -0.39 is 11.5 Å². The summed E-state index contributed by atoms with van der Waals surface area (Å²) in [6.45, 7) is 11.2. The number of carbonyl (C=O) groups is 2. The van der Waals surface area contributed by atoms with Gasteiger partial charge in [0.15, 0.2) is 5.78 Å². The van der Waals surface area contributed by atoms with E-state index in [1.165, 1.54) is 0 Å². The van der Waals surface area contributed by atoms with Crippen molar-refractivity contribution in [2.24, 2.45) is 5.16 Å². The minimum atomic E-state index is -0.825. The number of hydrogen-bond acceptors (Lipinski definition) is 7. The van der Waals surface area contributed by atoms with Gasteiger partial charge >= 0.3 is 5.97 Å². The van der Waals surface area contributed by atoms with E-state index in [2.05, 4.69) is 21.5 Å². The van der Waals surface area contributed by atoms with Gasteiger partial charge in [0.25, 0.3) is 0 Å². The van der Waals surface area contributed by atoms with Crippen molar-refractivity contribution in [3.05, 3.63) is 76.9 Å². The Hall–Kier alpha value is -4.01. The first-order valence-corrected chi connectivity index (χ1v) is 13.7. The summed E-state index contributed by atoms with van der Waals surface area (Å²) in [7, 11) is 0. The number of oxime groups is 1. The van der Waals surface area contributed by atoms with Crippen molar-refractivity contribution in [1.29, 1.82) is 0 Å². The summed E-state index contributed by atoms with van der Waals surface area (Å²) in [6, 6.07) is 17.5. The summed E-state index contributed by atoms with van der Waals surface area (Å²) in [6.07, 6.45) is 0. The SMILES string of the molecule is CCn1c2ccc(C(=O)c3ccccc3C)cc2c2c3c(ccc21)/C(=N/OC(=O)C(C)(C)N1CCOCC1)CO3. The molecule has 3 heterocycles. The third-order valence-corrected chi connectivity index (χ3v) is 8.16. The summed E-state index contributed by atoms with van der Waals surface area (Å²) in [5.41, 5.74) is 4.83. The number of morpholine rings is 1. The molecule has 0 unspecified atom stereocenters. The van der Waals surface area contributed by atoms with Gasteiger partial charge in [0.2, 0.25) is 0 Å². The number of nitrogens with zero attached hydrogens (tertiary/aromatic N) is 3. The molecular formula is C32H33N3O5. The number of fused-ring (bicyclic) bond motifs is 5. The molecule has 1 fully saturated rings. The Morgan fingerprint density at radius 3 is 2.52 bits per heavy atom. The van der Waals surface area contributed by atoms with Gasteiger partial charge in [0, 0.05) is 47.2 Å². The molecule has 0 radical (unpaired) electrons. The van der Waals surface area contributed by atoms with Gasteiger partial charge < -0.3 is 18.9 Å². The maximum absolute atomic E-state index is 13.4. The molecule has 40 heavy (non-hydrogen) atoms. The number of hydrogen-bond donors (Lipinski definition) is 0. The first-order valence-electron chi connectivity index (χ1n) is 13.7. The van der Waals surface area contributed by atoms with Gasteiger partial charge in [-0.25, -0.2) is 4.79 Å². The number of ketones is 1. The Morgan fingerprint density at radius 2 is 1.77 bits per heavy atom. The molecule has 0 bridgehead atoms. The third kappa shape index (κ3) is 4.28. The highest BCUT2D eigenvalue weighted by atomic mass is 16.7. The largest absolute Gasteiger partial charge is 0.486 e. The first kappa shape index (κ1) is 26.2. The van der Waals surface area contributed by atoms with Crippen LogP contribution in [0.15, 0.2) is 59.8 Å². The minimum absolute atomic E-state index is 0.0112. The van der Waals surface area contributed by atoms with Crippen molar-refractivity contribution in [3.63, 3.8) is 0 Å². The quantitative estimate of drug-likeness (QED) is 0.193. The normalized spacial score (nSPS) is 16.9. The Labute approximate surface area is 233 Å². The lowest BCUT2D eigenvalue weighted by molar-refractivity contribution is -0.159. The second kappa shape index (κ2) is 10.2. The summed E-state index contributed by atoms with van der Waals surface area (Å²) >= 11 is 0. The Balaban J connectivity index is 1.38. The molecule has 0 saturated carbocycles. The monoisotopic (exact) mass is 539 g/mol. The fraction of sp³-hybridized carbons (Fsp3) is 0.344. The molecule has 1 aromatic heterocycles. The predicted octanol–water partition coefficient (Wildman–Crippen LogP) is 5.10. The number of ether oxygens (including phenoxy) is 2. The van der Waals surface area contributed by atoms with E-state index in [4.69, 9.17) is 14.3 Å². The van der Waals surface area contributed by atoms with Gasteiger partial charge in [-0.1, -0.05) is 29.4 Å². The highest BCUT2D eigenvalue weighted by molar-refractivity contribution is 6.20. The van der Waals surface area contributed by atoms with Crippen molar-refractivity contribution in [2.75, 3.05) is 32.9 Å². The number of carbonyl (C=O) groups excluding carboxylic acids is 2. The minimum Gasteiger partial charge on any atom is -0.486 e. The number of benzene rings is 3. The molecule has 0 spiro atoms. The van der Waals surface area contributed by atoms with Crippen LogP contribution in [0.25, 0.3) is 21.8 Å². The van der Waals surface area contributed by atoms with Gasteiger partial charge in [-0.2, -0.15) is 0 Å². The Bertz CT molecular complexity index is 1680. The van der Waals surface area contributed by atoms with Crippen LogP contribution < -0.4 is 4.74 Å². The lowest BCUT2D eigenvalue weighted by Gasteiger charge is -2.37. The standard InChI is InChI=1S/C32H33N3O5/c1-5-35-26-12-10-21(29(36)22-9-7-6-8-20(22)2)18-24(26)28-27(35)13-11-23-25(19-39-30(23)28)33-40-31(37)32(3,4)34-14-16-38-17-15-34/h6-13,18H,5,14-17,19H2,1-4H3/b33-25+. The molecule has 3 aromatic carbocycles. The van der Waals surface area contributed by atoms with Crippen LogP contribution in [-0.4, -0.2) is 65.4 Å². The average molecular weight is 540 g/mol. The lowest BCUT2D eigenvalue weighted by Crippen LogP contribution is -2.54. The lowest BCUT2D eigenvalue weighted by atomic mass is 9.97. The highest BCUT2D eigenvalue weighted by Crippen LogP contribution is 2.41. The van der Waals surface area contributed by atoms with Crippen LogP contribution >= 0.6 is 0 Å². The Morgan fingerprint density at radius 1 is 1.02 bits per heavy atom. The molecule has 2 aliphatic heterocycles.